The van der Waals surface area contributed by atoms with Crippen LogP contribution in [0.5, 0.6) is 0 Å². The summed E-state index contributed by atoms with van der Waals surface area (Å²) in [6.45, 7) is 0.212. The maximum Gasteiger partial charge on any atom is 0.151 e. The molecule has 0 saturated heterocycles. The minimum Gasteiger partial charge on any atom is -0.822 e. The molecule has 0 amide bonds. The lowest BCUT2D eigenvalue weighted by molar-refractivity contribution is -0.432. The predicted octanol–water partition coefficient (Wildman–Crippen LogP) is -5.94. The number of hydrogen-bond donors (Lipinski definition) is 9. The molecule has 21 N–H and O–H groups in total. The van der Waals surface area contributed by atoms with Gasteiger partial charge in [-0.05, 0) is 6.92 Å². The van der Waals surface area contributed by atoms with Crippen LogP contribution in [0.25, 0.3) is 0 Å². The van der Waals surface area contributed by atoms with Crippen molar-refractivity contribution in [3.05, 3.63) is 0 Å². The molecular formula is C8H31N4O12P. The largest absolute Gasteiger partial charge is 0.822 e. The Balaban J connectivity index is -0.0000000428. The van der Waals surface area contributed by atoms with E-state index in [9.17, 15) is 4.79 Å². The van der Waals surface area contributed by atoms with Gasteiger partial charge in [-0.1, -0.05) is 0 Å². The molecule has 160 valence electrons. The summed E-state index contributed by atoms with van der Waals surface area (Å²) >= 11 is 0. The fourth-order valence-electron chi connectivity index (χ4n) is 0.618. The number of carbonyl (C=O) groups excluding carboxylic acids is 2. The highest BCUT2D eigenvalue weighted by Gasteiger charge is 2.29. The Morgan fingerprint density at radius 1 is 1.00 bits per heavy atom. The maximum atomic E-state index is 9.90. The van der Waals surface area contributed by atoms with Gasteiger partial charge in [-0.2, -0.15) is 7.82 Å². The van der Waals surface area contributed by atoms with E-state index in [2.05, 4.69) is 0 Å². The van der Waals surface area contributed by atoms with Crippen molar-refractivity contribution in [2.75, 3.05) is 6.61 Å². The number of aliphatic hydroxyl groups is 5. The lowest BCUT2D eigenvalue weighted by Gasteiger charge is -2.36. The van der Waals surface area contributed by atoms with Gasteiger partial charge in [0.15, 0.2) is 6.29 Å². The minimum absolute atomic E-state index is 0. The van der Waals surface area contributed by atoms with Crippen molar-refractivity contribution in [1.29, 1.82) is 0 Å². The molecule has 0 radical (unpaired) electrons. The van der Waals surface area contributed by atoms with Crippen LogP contribution in [0.3, 0.4) is 0 Å². The smallest absolute Gasteiger partial charge is 0.151 e. The van der Waals surface area contributed by atoms with E-state index < -0.39 is 44.8 Å². The molecule has 16 nitrogen and oxygen atoms in total. The fourth-order valence-corrected chi connectivity index (χ4v) is 0.618. The van der Waals surface area contributed by atoms with E-state index in [-0.39, 0.29) is 30.9 Å². The quantitative estimate of drug-likeness (QED) is 0.152. The summed E-state index contributed by atoms with van der Waals surface area (Å²) in [4.78, 5) is 44.4. The molecule has 0 fully saturated rings. The van der Waals surface area contributed by atoms with Crippen LogP contribution in [0.1, 0.15) is 6.92 Å². The SMILES string of the molecule is CC(=O)[O-].O=C[C@H](O)[C@@H](O)[C@H](O)[C@H](O)CO.O=P([O-])([O-])[O-].[NH4+].[NH4+].[NH4+].[NH4+]. The van der Waals surface area contributed by atoms with E-state index in [1.807, 2.05) is 0 Å². The first-order chi connectivity index (χ1) is 9.27. The molecule has 0 unspecified atom stereocenters. The van der Waals surface area contributed by atoms with Gasteiger partial charge < -0.3 is 84.1 Å². The first kappa shape index (κ1) is 43.9. The average Bonchev–Trinajstić information content (AvgIpc) is 2.32. The van der Waals surface area contributed by atoms with Crippen molar-refractivity contribution in [3.8, 4) is 0 Å². The van der Waals surface area contributed by atoms with Gasteiger partial charge in [-0.25, -0.2) is 0 Å². The second-order valence-corrected chi connectivity index (χ2v) is 4.19. The zero-order chi connectivity index (χ0) is 17.8. The molecular weight excluding hydrogens is 375 g/mol. The molecule has 4 atom stereocenters. The van der Waals surface area contributed by atoms with Crippen molar-refractivity contribution in [2.45, 2.75) is 31.3 Å². The van der Waals surface area contributed by atoms with Crippen LogP contribution in [0.4, 0.5) is 0 Å². The number of hydrogen-bond acceptors (Lipinski definition) is 12. The monoisotopic (exact) mass is 406 g/mol. The molecule has 0 rings (SSSR count). The van der Waals surface area contributed by atoms with Crippen LogP contribution >= 0.6 is 7.82 Å². The van der Waals surface area contributed by atoms with Crippen molar-refractivity contribution in [1.82, 2.24) is 24.6 Å². The standard InChI is InChI=1S/C6H12O6.C2H4O2.4H3N.H3O4P/c7-1-3(9)5(11)6(12)4(10)2-8;1-2(3)4;;;;;1-5(2,3)4/h1,3-6,8-12H,2H2;1H3,(H,3,4);4*1H3;(H3,1,2,3,4)/t3-,4+,5+,6+;;;;;;/m0....../s1. The van der Waals surface area contributed by atoms with Crippen molar-refractivity contribution in [2.24, 2.45) is 0 Å². The summed E-state index contributed by atoms with van der Waals surface area (Å²) in [5.74, 6) is -1.08. The van der Waals surface area contributed by atoms with Gasteiger partial charge in [-0.15, -0.1) is 0 Å². The van der Waals surface area contributed by atoms with Gasteiger partial charge in [0.05, 0.1) is 6.61 Å². The molecule has 0 aromatic heterocycles. The Kier molecular flexibility index (Phi) is 40.2. The average molecular weight is 406 g/mol. The van der Waals surface area contributed by atoms with Crippen molar-refractivity contribution in [3.63, 3.8) is 0 Å². The Morgan fingerprint density at radius 2 is 1.24 bits per heavy atom. The van der Waals surface area contributed by atoms with Crippen molar-refractivity contribution >= 4 is 20.1 Å². The summed E-state index contributed by atoms with van der Waals surface area (Å²) in [5.41, 5.74) is 0. The van der Waals surface area contributed by atoms with Gasteiger partial charge in [0.2, 0.25) is 0 Å². The first-order valence-electron chi connectivity index (χ1n) is 4.96. The zero-order valence-corrected chi connectivity index (χ0v) is 15.5. The fraction of sp³-hybridized carbons (Fsp3) is 0.750. The second kappa shape index (κ2) is 22.9. The van der Waals surface area contributed by atoms with Gasteiger partial charge in [0.1, 0.15) is 24.4 Å². The lowest BCUT2D eigenvalue weighted by atomic mass is 10.0. The Bertz CT molecular complexity index is 331. The number of carboxylic acid groups (broad SMARTS) is 1. The summed E-state index contributed by atoms with van der Waals surface area (Å²) in [5, 5.41) is 52.4. The highest BCUT2D eigenvalue weighted by Crippen LogP contribution is 2.03. The van der Waals surface area contributed by atoms with E-state index in [1.165, 1.54) is 0 Å². The number of aliphatic hydroxyl groups excluding tert-OH is 5. The summed E-state index contributed by atoms with van der Waals surface area (Å²) in [6, 6.07) is 0. The van der Waals surface area contributed by atoms with Gasteiger partial charge in [0, 0.05) is 5.97 Å². The number of carbonyl (C=O) groups is 2. The molecule has 0 aromatic carbocycles. The Morgan fingerprint density at radius 3 is 1.40 bits per heavy atom. The normalized spacial score (nSPS) is 13.5. The first-order valence-corrected chi connectivity index (χ1v) is 6.43. The summed E-state index contributed by atoms with van der Waals surface area (Å²) in [7, 11) is -5.39. The molecule has 0 heterocycles. The van der Waals surface area contributed by atoms with E-state index in [4.69, 9.17) is 54.7 Å². The number of rotatable bonds is 5. The van der Waals surface area contributed by atoms with Gasteiger partial charge in [-0.3, -0.25) is 0 Å². The Labute approximate surface area is 143 Å². The third kappa shape index (κ3) is 45.1. The van der Waals surface area contributed by atoms with Crippen LogP contribution in [0.15, 0.2) is 0 Å². The molecule has 0 bridgehead atoms. The molecule has 0 saturated carbocycles. The lowest BCUT2D eigenvalue weighted by Crippen LogP contribution is -2.46. The molecule has 0 aliphatic heterocycles. The van der Waals surface area contributed by atoms with Crippen molar-refractivity contribution < 1.29 is 59.5 Å². The second-order valence-electron chi connectivity index (χ2n) is 3.30. The molecule has 25 heavy (non-hydrogen) atoms. The maximum absolute atomic E-state index is 9.90. The highest BCUT2D eigenvalue weighted by atomic mass is 31.2. The number of aldehydes is 1. The van der Waals surface area contributed by atoms with Gasteiger partial charge in [0.25, 0.3) is 0 Å². The third-order valence-corrected chi connectivity index (χ3v) is 1.42. The number of aliphatic carboxylic acids is 1. The molecule has 17 heteroatoms. The van der Waals surface area contributed by atoms with E-state index in [0.29, 0.717) is 0 Å². The minimum atomic E-state index is -5.39. The number of quaternary nitrogens is 4. The topological polar surface area (TPSA) is 391 Å². The molecule has 0 aliphatic rings. The van der Waals surface area contributed by atoms with E-state index >= 15 is 0 Å². The van der Waals surface area contributed by atoms with Gasteiger partial charge >= 0.3 is 0 Å². The Hall–Kier alpha value is -1.11. The van der Waals surface area contributed by atoms with Crippen LogP contribution in [0, 0.1) is 0 Å². The van der Waals surface area contributed by atoms with Crippen LogP contribution in [-0.2, 0) is 14.2 Å². The molecule has 0 aromatic rings. The van der Waals surface area contributed by atoms with E-state index in [1.54, 1.807) is 0 Å². The van der Waals surface area contributed by atoms with Crippen LogP contribution in [-0.4, -0.2) is 68.8 Å². The summed E-state index contributed by atoms with van der Waals surface area (Å²) < 4.78 is 8.55. The van der Waals surface area contributed by atoms with E-state index in [0.717, 1.165) is 6.92 Å². The number of phosphoric acid groups is 1. The highest BCUT2D eigenvalue weighted by molar-refractivity contribution is 7.40. The molecule has 0 spiro atoms. The summed E-state index contributed by atoms with van der Waals surface area (Å²) in [6.07, 6.45) is -6.84. The zero-order valence-electron chi connectivity index (χ0n) is 14.6. The number of carboxylic acids is 1. The molecule has 0 aliphatic carbocycles. The predicted molar refractivity (Wildman–Crippen MR) is 79.4 cm³/mol. The van der Waals surface area contributed by atoms with Crippen LogP contribution < -0.4 is 44.4 Å². The van der Waals surface area contributed by atoms with Crippen LogP contribution in [0.2, 0.25) is 0 Å². The third-order valence-electron chi connectivity index (χ3n) is 1.42.